The molecule has 0 aliphatic carbocycles. The molecule has 1 fully saturated rings. The van der Waals surface area contributed by atoms with Crippen LogP contribution in [0.1, 0.15) is 24.3 Å². The molecule has 1 aromatic heterocycles. The van der Waals surface area contributed by atoms with Crippen molar-refractivity contribution in [2.45, 2.75) is 31.9 Å². The Hall–Kier alpha value is -1.92. The second-order valence-corrected chi connectivity index (χ2v) is 5.70. The maximum absolute atomic E-state index is 5.57. The molecule has 6 heteroatoms. The van der Waals surface area contributed by atoms with Crippen LogP contribution in [0.5, 0.6) is 5.75 Å². The van der Waals surface area contributed by atoms with Crippen LogP contribution in [0.3, 0.4) is 0 Å². The zero-order valence-corrected chi connectivity index (χ0v) is 12.4. The van der Waals surface area contributed by atoms with Crippen LogP contribution in [0, 0.1) is 0 Å². The second-order valence-electron chi connectivity index (χ2n) is 5.70. The van der Waals surface area contributed by atoms with Gasteiger partial charge in [-0.05, 0) is 36.6 Å². The number of benzene rings is 1. The van der Waals surface area contributed by atoms with Crippen molar-refractivity contribution in [1.82, 2.24) is 15.5 Å². The third-order valence-corrected chi connectivity index (χ3v) is 4.09. The molecular weight excluding hydrogens is 282 g/mol. The molecule has 6 nitrogen and oxygen atoms in total. The first-order valence-corrected chi connectivity index (χ1v) is 7.79. The second kappa shape index (κ2) is 6.06. The molecule has 1 aromatic carbocycles. The van der Waals surface area contributed by atoms with Gasteiger partial charge >= 0.3 is 0 Å². The molecule has 2 aliphatic rings. The van der Waals surface area contributed by atoms with Gasteiger partial charge in [-0.2, -0.15) is 4.98 Å². The van der Waals surface area contributed by atoms with Gasteiger partial charge in [-0.1, -0.05) is 5.16 Å². The Labute approximate surface area is 128 Å². The van der Waals surface area contributed by atoms with Crippen LogP contribution in [0.25, 0.3) is 11.4 Å². The highest BCUT2D eigenvalue weighted by atomic mass is 16.5. The van der Waals surface area contributed by atoms with E-state index in [4.69, 9.17) is 14.0 Å². The van der Waals surface area contributed by atoms with E-state index in [2.05, 4.69) is 21.5 Å². The van der Waals surface area contributed by atoms with Gasteiger partial charge in [0.2, 0.25) is 11.7 Å². The summed E-state index contributed by atoms with van der Waals surface area (Å²) in [5.41, 5.74) is 2.18. The van der Waals surface area contributed by atoms with Crippen LogP contribution in [0.2, 0.25) is 0 Å². The van der Waals surface area contributed by atoms with Crippen LogP contribution in [-0.4, -0.2) is 36.0 Å². The number of aromatic nitrogens is 2. The molecule has 22 heavy (non-hydrogen) atoms. The molecule has 2 aromatic rings. The quantitative estimate of drug-likeness (QED) is 0.910. The number of rotatable bonds is 5. The van der Waals surface area contributed by atoms with Crippen molar-refractivity contribution in [3.05, 3.63) is 29.7 Å². The molecule has 1 N–H and O–H groups in total. The van der Waals surface area contributed by atoms with Crippen LogP contribution in [0.15, 0.2) is 22.7 Å². The third kappa shape index (κ3) is 2.84. The highest BCUT2D eigenvalue weighted by molar-refractivity contribution is 5.59. The van der Waals surface area contributed by atoms with Gasteiger partial charge in [0.15, 0.2) is 0 Å². The fourth-order valence-electron chi connectivity index (χ4n) is 2.91. The molecule has 4 rings (SSSR count). The predicted octanol–water partition coefficient (Wildman–Crippen LogP) is 1.94. The molecule has 0 amide bonds. The molecule has 0 radical (unpaired) electrons. The maximum atomic E-state index is 5.57. The van der Waals surface area contributed by atoms with Crippen molar-refractivity contribution in [1.29, 1.82) is 0 Å². The fourth-order valence-corrected chi connectivity index (χ4v) is 2.91. The molecule has 1 atom stereocenters. The highest BCUT2D eigenvalue weighted by Crippen LogP contribution is 2.29. The van der Waals surface area contributed by atoms with Gasteiger partial charge in [0.25, 0.3) is 0 Å². The lowest BCUT2D eigenvalue weighted by Crippen LogP contribution is -2.25. The molecule has 1 saturated heterocycles. The molecule has 0 saturated carbocycles. The average Bonchev–Trinajstić information content (AvgIpc) is 3.28. The lowest BCUT2D eigenvalue weighted by molar-refractivity contribution is 0.109. The average molecular weight is 301 g/mol. The summed E-state index contributed by atoms with van der Waals surface area (Å²) in [6.07, 6.45) is 3.54. The summed E-state index contributed by atoms with van der Waals surface area (Å²) in [6.45, 7) is 3.03. The van der Waals surface area contributed by atoms with E-state index in [-0.39, 0.29) is 0 Å². The van der Waals surface area contributed by atoms with Crippen molar-refractivity contribution < 1.29 is 14.0 Å². The van der Waals surface area contributed by atoms with E-state index in [9.17, 15) is 0 Å². The van der Waals surface area contributed by atoms with E-state index >= 15 is 0 Å². The standard InChI is InChI=1S/C16H19N3O3/c1-2-13(20-6-1)9-17-10-15-18-16(19-22-15)12-3-4-14-11(8-12)5-7-21-14/h3-4,8,13,17H,1-2,5-7,9-10H2. The first kappa shape index (κ1) is 13.7. The fraction of sp³-hybridized carbons (Fsp3) is 0.500. The van der Waals surface area contributed by atoms with E-state index in [0.29, 0.717) is 24.4 Å². The van der Waals surface area contributed by atoms with E-state index < -0.39 is 0 Å². The number of fused-ring (bicyclic) bond motifs is 1. The first-order chi connectivity index (χ1) is 10.9. The Morgan fingerprint density at radius 2 is 2.27 bits per heavy atom. The van der Waals surface area contributed by atoms with Gasteiger partial charge in [-0.15, -0.1) is 0 Å². The highest BCUT2D eigenvalue weighted by Gasteiger charge is 2.17. The minimum atomic E-state index is 0.319. The molecular formula is C16H19N3O3. The SMILES string of the molecule is c1cc2c(cc1-c1noc(CNCC3CCCO3)n1)CCO2. The molecule has 116 valence electrons. The van der Waals surface area contributed by atoms with Crippen molar-refractivity contribution in [3.8, 4) is 17.1 Å². The summed E-state index contributed by atoms with van der Waals surface area (Å²) in [4.78, 5) is 4.45. The molecule has 0 spiro atoms. The molecule has 2 aliphatic heterocycles. The molecule has 3 heterocycles. The maximum Gasteiger partial charge on any atom is 0.240 e. The smallest absolute Gasteiger partial charge is 0.240 e. The first-order valence-electron chi connectivity index (χ1n) is 7.79. The molecule has 0 bridgehead atoms. The van der Waals surface area contributed by atoms with Crippen molar-refractivity contribution in [2.75, 3.05) is 19.8 Å². The lowest BCUT2D eigenvalue weighted by Gasteiger charge is -2.08. The Bertz CT molecular complexity index is 650. The molecule has 1 unspecified atom stereocenters. The van der Waals surface area contributed by atoms with E-state index in [1.54, 1.807) is 0 Å². The third-order valence-electron chi connectivity index (χ3n) is 4.09. The number of ether oxygens (including phenoxy) is 2. The zero-order chi connectivity index (χ0) is 14.8. The van der Waals surface area contributed by atoms with Gasteiger partial charge in [-0.3, -0.25) is 0 Å². The predicted molar refractivity (Wildman–Crippen MR) is 79.6 cm³/mol. The normalized spacial score (nSPS) is 20.1. The van der Waals surface area contributed by atoms with Crippen LogP contribution >= 0.6 is 0 Å². The van der Waals surface area contributed by atoms with Gasteiger partial charge < -0.3 is 19.3 Å². The van der Waals surface area contributed by atoms with Crippen LogP contribution in [-0.2, 0) is 17.7 Å². The summed E-state index contributed by atoms with van der Waals surface area (Å²) in [7, 11) is 0. The van der Waals surface area contributed by atoms with Crippen molar-refractivity contribution in [2.24, 2.45) is 0 Å². The summed E-state index contributed by atoms with van der Waals surface area (Å²) in [5, 5.41) is 7.37. The van der Waals surface area contributed by atoms with Crippen LogP contribution < -0.4 is 10.1 Å². The van der Waals surface area contributed by atoms with Gasteiger partial charge in [0.05, 0.1) is 19.3 Å². The Morgan fingerprint density at radius 1 is 1.27 bits per heavy atom. The summed E-state index contributed by atoms with van der Waals surface area (Å²) < 4.78 is 16.4. The summed E-state index contributed by atoms with van der Waals surface area (Å²) >= 11 is 0. The van der Waals surface area contributed by atoms with Crippen molar-refractivity contribution >= 4 is 0 Å². The summed E-state index contributed by atoms with van der Waals surface area (Å²) in [5.74, 6) is 2.19. The number of nitrogens with one attached hydrogen (secondary N) is 1. The Balaban J connectivity index is 1.38. The van der Waals surface area contributed by atoms with E-state index in [1.807, 2.05) is 12.1 Å². The monoisotopic (exact) mass is 301 g/mol. The van der Waals surface area contributed by atoms with Gasteiger partial charge in [-0.25, -0.2) is 0 Å². The van der Waals surface area contributed by atoms with E-state index in [1.165, 1.54) is 5.56 Å². The Morgan fingerprint density at radius 3 is 3.18 bits per heavy atom. The number of hydrogen-bond donors (Lipinski definition) is 1. The van der Waals surface area contributed by atoms with Crippen molar-refractivity contribution in [3.63, 3.8) is 0 Å². The topological polar surface area (TPSA) is 69.4 Å². The van der Waals surface area contributed by atoms with Gasteiger partial charge in [0, 0.05) is 25.1 Å². The Kier molecular flexibility index (Phi) is 3.78. The minimum Gasteiger partial charge on any atom is -0.493 e. The van der Waals surface area contributed by atoms with Gasteiger partial charge in [0.1, 0.15) is 5.75 Å². The zero-order valence-electron chi connectivity index (χ0n) is 12.4. The minimum absolute atomic E-state index is 0.319. The number of hydrogen-bond acceptors (Lipinski definition) is 6. The van der Waals surface area contributed by atoms with E-state index in [0.717, 1.165) is 50.3 Å². The largest absolute Gasteiger partial charge is 0.493 e. The number of nitrogens with zero attached hydrogens (tertiary/aromatic N) is 2. The van der Waals surface area contributed by atoms with Crippen LogP contribution in [0.4, 0.5) is 0 Å². The summed E-state index contributed by atoms with van der Waals surface area (Å²) in [6, 6.07) is 6.03. The lowest BCUT2D eigenvalue weighted by atomic mass is 10.1.